The van der Waals surface area contributed by atoms with Gasteiger partial charge in [-0.25, -0.2) is 4.98 Å². The molecular weight excluding hydrogens is 326 g/mol. The summed E-state index contributed by atoms with van der Waals surface area (Å²) in [5.74, 6) is 1.05. The minimum atomic E-state index is 0.147. The number of hydrogen-bond donors (Lipinski definition) is 1. The Morgan fingerprint density at radius 3 is 2.69 bits per heavy atom. The van der Waals surface area contributed by atoms with Gasteiger partial charge in [-0.15, -0.1) is 0 Å². The number of amides is 1. The third-order valence-electron chi connectivity index (χ3n) is 5.18. The average Bonchev–Trinajstić information content (AvgIpc) is 3.00. The molecule has 140 valence electrons. The van der Waals surface area contributed by atoms with Crippen molar-refractivity contribution >= 4 is 5.91 Å². The number of imidazole rings is 1. The highest BCUT2D eigenvalue weighted by molar-refractivity contribution is 5.95. The monoisotopic (exact) mass is 355 g/mol. The van der Waals surface area contributed by atoms with Crippen LogP contribution in [0.3, 0.4) is 0 Å². The Morgan fingerprint density at radius 1 is 1.27 bits per heavy atom. The lowest BCUT2D eigenvalue weighted by Crippen LogP contribution is -2.43. The largest absolute Gasteiger partial charge is 0.385 e. The lowest BCUT2D eigenvalue weighted by molar-refractivity contribution is 0.0585. The van der Waals surface area contributed by atoms with Crippen molar-refractivity contribution in [1.82, 2.24) is 14.9 Å². The van der Waals surface area contributed by atoms with Gasteiger partial charge in [0.15, 0.2) is 0 Å². The number of likely N-dealkylation sites (tertiary alicyclic amines) is 1. The van der Waals surface area contributed by atoms with E-state index in [0.717, 1.165) is 67.2 Å². The minimum absolute atomic E-state index is 0.147. The van der Waals surface area contributed by atoms with Crippen molar-refractivity contribution in [2.45, 2.75) is 52.0 Å². The van der Waals surface area contributed by atoms with Crippen molar-refractivity contribution in [2.24, 2.45) is 0 Å². The molecule has 1 N–H and O–H groups in total. The number of aromatic nitrogens is 2. The molecule has 1 aliphatic heterocycles. The minimum Gasteiger partial charge on any atom is -0.385 e. The summed E-state index contributed by atoms with van der Waals surface area (Å²) in [6, 6.07) is 8.20. The van der Waals surface area contributed by atoms with Crippen LogP contribution in [0.2, 0.25) is 0 Å². The van der Waals surface area contributed by atoms with Crippen LogP contribution in [0.5, 0.6) is 0 Å². The number of carbonyl (C=O) groups is 1. The average molecular weight is 355 g/mol. The molecule has 0 bridgehead atoms. The van der Waals surface area contributed by atoms with Crippen molar-refractivity contribution in [3.8, 4) is 11.3 Å². The first-order chi connectivity index (χ1) is 12.6. The number of aromatic amines is 1. The Kier molecular flexibility index (Phi) is 6.09. The van der Waals surface area contributed by atoms with Crippen LogP contribution >= 0.6 is 0 Å². The summed E-state index contributed by atoms with van der Waals surface area (Å²) in [4.78, 5) is 22.9. The molecule has 0 saturated carbocycles. The van der Waals surface area contributed by atoms with E-state index in [-0.39, 0.29) is 5.91 Å². The predicted molar refractivity (Wildman–Crippen MR) is 103 cm³/mol. The van der Waals surface area contributed by atoms with Crippen LogP contribution in [0.4, 0.5) is 0 Å². The molecular formula is C21H29N3O2. The molecule has 0 spiro atoms. The smallest absolute Gasteiger partial charge is 0.254 e. The number of piperidine rings is 1. The second-order valence-electron chi connectivity index (χ2n) is 7.16. The fourth-order valence-electron chi connectivity index (χ4n) is 3.86. The van der Waals surface area contributed by atoms with E-state index >= 15 is 0 Å². The lowest BCUT2D eigenvalue weighted by atomic mass is 9.96. The van der Waals surface area contributed by atoms with Crippen LogP contribution in [0.15, 0.2) is 24.3 Å². The molecule has 1 aromatic heterocycles. The number of nitrogens with one attached hydrogen (secondary N) is 1. The fraction of sp³-hybridized carbons (Fsp3) is 0.524. The van der Waals surface area contributed by atoms with E-state index in [9.17, 15) is 4.79 Å². The molecule has 1 amide bonds. The Bertz CT molecular complexity index is 736. The van der Waals surface area contributed by atoms with Gasteiger partial charge in [-0.3, -0.25) is 4.79 Å². The van der Waals surface area contributed by atoms with Crippen LogP contribution in [0.1, 0.15) is 54.0 Å². The summed E-state index contributed by atoms with van der Waals surface area (Å²) < 4.78 is 5.17. The Morgan fingerprint density at radius 2 is 2.04 bits per heavy atom. The van der Waals surface area contributed by atoms with Crippen molar-refractivity contribution in [3.05, 3.63) is 41.3 Å². The third-order valence-corrected chi connectivity index (χ3v) is 5.18. The van der Waals surface area contributed by atoms with Crippen LogP contribution < -0.4 is 0 Å². The summed E-state index contributed by atoms with van der Waals surface area (Å²) in [5, 5.41) is 0. The maximum Gasteiger partial charge on any atom is 0.254 e. The van der Waals surface area contributed by atoms with Crippen LogP contribution in [-0.2, 0) is 4.74 Å². The Balaban J connectivity index is 1.73. The number of nitrogens with zero attached hydrogens (tertiary/aromatic N) is 2. The molecule has 1 aromatic carbocycles. The van der Waals surface area contributed by atoms with Gasteiger partial charge >= 0.3 is 0 Å². The maximum absolute atomic E-state index is 13.0. The van der Waals surface area contributed by atoms with Crippen molar-refractivity contribution < 1.29 is 9.53 Å². The quantitative estimate of drug-likeness (QED) is 0.793. The Hall–Kier alpha value is -2.14. The van der Waals surface area contributed by atoms with E-state index < -0.39 is 0 Å². The van der Waals surface area contributed by atoms with Gasteiger partial charge in [0.2, 0.25) is 0 Å². The molecule has 1 fully saturated rings. The molecule has 0 aliphatic carbocycles. The summed E-state index contributed by atoms with van der Waals surface area (Å²) in [5.41, 5.74) is 3.81. The number of H-pyrrole nitrogens is 1. The molecule has 3 rings (SSSR count). The Labute approximate surface area is 155 Å². The van der Waals surface area contributed by atoms with Gasteiger partial charge in [-0.05, 0) is 58.1 Å². The zero-order valence-corrected chi connectivity index (χ0v) is 16.0. The zero-order chi connectivity index (χ0) is 18.5. The lowest BCUT2D eigenvalue weighted by Gasteiger charge is -2.36. The SMILES string of the molecule is COCCC[C@H]1CCCCN1C(=O)c1ccc(-c2nc(C)[nH]c2C)cc1. The second-order valence-corrected chi connectivity index (χ2v) is 7.16. The van der Waals surface area contributed by atoms with Crippen molar-refractivity contribution in [2.75, 3.05) is 20.3 Å². The van der Waals surface area contributed by atoms with Crippen LogP contribution in [0.25, 0.3) is 11.3 Å². The van der Waals surface area contributed by atoms with E-state index in [1.807, 2.05) is 38.1 Å². The molecule has 1 aliphatic rings. The standard InChI is InChI=1S/C21H29N3O2/c1-15-20(23-16(2)22-15)17-9-11-18(12-10-17)21(25)24-13-5-4-7-19(24)8-6-14-26-3/h9-12,19H,4-8,13-14H2,1-3H3,(H,22,23)/t19-/m1/s1. The van der Waals surface area contributed by atoms with E-state index in [1.165, 1.54) is 6.42 Å². The molecule has 0 unspecified atom stereocenters. The molecule has 1 saturated heterocycles. The first-order valence-electron chi connectivity index (χ1n) is 9.53. The highest BCUT2D eigenvalue weighted by atomic mass is 16.5. The predicted octanol–water partition coefficient (Wildman–Crippen LogP) is 4.11. The normalized spacial score (nSPS) is 17.5. The highest BCUT2D eigenvalue weighted by Gasteiger charge is 2.27. The van der Waals surface area contributed by atoms with Crippen molar-refractivity contribution in [3.63, 3.8) is 0 Å². The molecule has 5 nitrogen and oxygen atoms in total. The molecule has 0 radical (unpaired) electrons. The van der Waals surface area contributed by atoms with E-state index in [2.05, 4.69) is 14.9 Å². The van der Waals surface area contributed by atoms with Gasteiger partial charge in [0.25, 0.3) is 5.91 Å². The van der Waals surface area contributed by atoms with Crippen molar-refractivity contribution in [1.29, 1.82) is 0 Å². The summed E-state index contributed by atoms with van der Waals surface area (Å²) in [7, 11) is 1.73. The van der Waals surface area contributed by atoms with Gasteiger partial charge in [0, 0.05) is 43.1 Å². The molecule has 2 aromatic rings. The fourth-order valence-corrected chi connectivity index (χ4v) is 3.86. The van der Waals surface area contributed by atoms with E-state index in [1.54, 1.807) is 7.11 Å². The third kappa shape index (κ3) is 4.15. The van der Waals surface area contributed by atoms with Gasteiger partial charge in [0.1, 0.15) is 5.82 Å². The number of ether oxygens (including phenoxy) is 1. The number of carbonyl (C=O) groups excluding carboxylic acids is 1. The van der Waals surface area contributed by atoms with Crippen LogP contribution in [0, 0.1) is 13.8 Å². The topological polar surface area (TPSA) is 58.2 Å². The highest BCUT2D eigenvalue weighted by Crippen LogP contribution is 2.25. The number of aryl methyl sites for hydroxylation is 2. The molecule has 5 heteroatoms. The summed E-state index contributed by atoms with van der Waals surface area (Å²) in [6.45, 7) is 5.59. The van der Waals surface area contributed by atoms with Gasteiger partial charge in [-0.1, -0.05) is 12.1 Å². The summed E-state index contributed by atoms with van der Waals surface area (Å²) in [6.07, 6.45) is 5.42. The van der Waals surface area contributed by atoms with Gasteiger partial charge in [-0.2, -0.15) is 0 Å². The first kappa shape index (κ1) is 18.6. The number of hydrogen-bond acceptors (Lipinski definition) is 3. The maximum atomic E-state index is 13.0. The van der Waals surface area contributed by atoms with Crippen LogP contribution in [-0.4, -0.2) is 47.1 Å². The first-order valence-corrected chi connectivity index (χ1v) is 9.53. The number of methoxy groups -OCH3 is 1. The van der Waals surface area contributed by atoms with Gasteiger partial charge in [0.05, 0.1) is 5.69 Å². The second kappa shape index (κ2) is 8.49. The summed E-state index contributed by atoms with van der Waals surface area (Å²) >= 11 is 0. The van der Waals surface area contributed by atoms with Gasteiger partial charge < -0.3 is 14.6 Å². The molecule has 2 heterocycles. The number of benzene rings is 1. The van der Waals surface area contributed by atoms with E-state index in [4.69, 9.17) is 4.74 Å². The molecule has 26 heavy (non-hydrogen) atoms. The van der Waals surface area contributed by atoms with E-state index in [0.29, 0.717) is 6.04 Å². The number of rotatable bonds is 6. The molecule has 1 atom stereocenters. The zero-order valence-electron chi connectivity index (χ0n) is 16.0.